The van der Waals surface area contributed by atoms with E-state index in [1.807, 2.05) is 13.8 Å². The molecule has 0 heterocycles. The Morgan fingerprint density at radius 2 is 1.76 bits per heavy atom. The summed E-state index contributed by atoms with van der Waals surface area (Å²) in [5.41, 5.74) is 1.65. The van der Waals surface area contributed by atoms with Crippen LogP contribution in [0.3, 0.4) is 0 Å². The highest BCUT2D eigenvalue weighted by Gasteiger charge is 2.22. The van der Waals surface area contributed by atoms with Gasteiger partial charge in [0.15, 0.2) is 0 Å². The minimum absolute atomic E-state index is 0.103. The lowest BCUT2D eigenvalue weighted by molar-refractivity contribution is 0.280. The van der Waals surface area contributed by atoms with Crippen molar-refractivity contribution in [3.05, 3.63) is 29.3 Å². The van der Waals surface area contributed by atoms with Crippen molar-refractivity contribution in [3.8, 4) is 0 Å². The maximum absolute atomic E-state index is 12.5. The highest BCUT2D eigenvalue weighted by atomic mass is 32.2. The smallest absolute Gasteiger partial charge is 0.240 e. The zero-order chi connectivity index (χ0) is 16.0. The summed E-state index contributed by atoms with van der Waals surface area (Å²) in [5, 5.41) is 9.37. The number of sulfonamides is 1. The number of hydrogen-bond acceptors (Lipinski definition) is 3. The molecule has 0 saturated carbocycles. The van der Waals surface area contributed by atoms with Crippen molar-refractivity contribution in [1.29, 1.82) is 0 Å². The van der Waals surface area contributed by atoms with Crippen LogP contribution in [0.25, 0.3) is 0 Å². The molecule has 1 rings (SSSR count). The maximum atomic E-state index is 12.5. The molecule has 0 aromatic heterocycles. The Morgan fingerprint density at radius 3 is 2.24 bits per heavy atom. The molecule has 1 atom stereocenters. The van der Waals surface area contributed by atoms with Gasteiger partial charge in [-0.3, -0.25) is 0 Å². The molecule has 0 aliphatic heterocycles. The summed E-state index contributed by atoms with van der Waals surface area (Å²) >= 11 is 0. The Labute approximate surface area is 128 Å². The summed E-state index contributed by atoms with van der Waals surface area (Å²) in [6.45, 7) is 7.88. The van der Waals surface area contributed by atoms with E-state index in [1.54, 1.807) is 18.2 Å². The molecular weight excluding hydrogens is 286 g/mol. The van der Waals surface area contributed by atoms with Gasteiger partial charge in [-0.1, -0.05) is 39.7 Å². The predicted octanol–water partition coefficient (Wildman–Crippen LogP) is 2.84. The van der Waals surface area contributed by atoms with Gasteiger partial charge in [-0.2, -0.15) is 0 Å². The van der Waals surface area contributed by atoms with Crippen LogP contribution >= 0.6 is 0 Å². The second-order valence-electron chi connectivity index (χ2n) is 5.43. The quantitative estimate of drug-likeness (QED) is 0.775. The molecule has 0 spiro atoms. The van der Waals surface area contributed by atoms with Gasteiger partial charge in [0.25, 0.3) is 0 Å². The minimum atomic E-state index is -3.54. The highest BCUT2D eigenvalue weighted by molar-refractivity contribution is 7.89. The van der Waals surface area contributed by atoms with Crippen molar-refractivity contribution < 1.29 is 13.5 Å². The van der Waals surface area contributed by atoms with E-state index in [0.717, 1.165) is 24.8 Å². The van der Waals surface area contributed by atoms with Crippen molar-refractivity contribution in [3.63, 3.8) is 0 Å². The van der Waals surface area contributed by atoms with Crippen LogP contribution in [-0.2, 0) is 23.1 Å². The van der Waals surface area contributed by atoms with E-state index < -0.39 is 10.0 Å². The number of aryl methyl sites for hydroxylation is 1. The molecule has 5 heteroatoms. The normalized spacial score (nSPS) is 13.6. The molecule has 0 amide bonds. The summed E-state index contributed by atoms with van der Waals surface area (Å²) in [5.74, 6) is 0.326. The van der Waals surface area contributed by atoms with Gasteiger partial charge in [0.2, 0.25) is 10.0 Å². The SMILES string of the molecule is CCc1ccc(S(=O)(=O)NC(C)C(CC)CC)cc1CO. The van der Waals surface area contributed by atoms with Crippen molar-refractivity contribution in [2.75, 3.05) is 0 Å². The van der Waals surface area contributed by atoms with E-state index in [9.17, 15) is 13.5 Å². The Balaban J connectivity index is 3.03. The van der Waals surface area contributed by atoms with Gasteiger partial charge in [0.05, 0.1) is 11.5 Å². The van der Waals surface area contributed by atoms with E-state index in [4.69, 9.17) is 0 Å². The molecular formula is C16H27NO3S. The Bertz CT molecular complexity index is 551. The van der Waals surface area contributed by atoms with Crippen molar-refractivity contribution in [2.24, 2.45) is 5.92 Å². The summed E-state index contributed by atoms with van der Waals surface area (Å²) in [6.07, 6.45) is 2.65. The fourth-order valence-corrected chi connectivity index (χ4v) is 4.03. The third kappa shape index (κ3) is 4.53. The Kier molecular flexibility index (Phi) is 6.84. The first-order valence-corrected chi connectivity index (χ1v) is 9.12. The number of nitrogens with one attached hydrogen (secondary N) is 1. The monoisotopic (exact) mass is 313 g/mol. The van der Waals surface area contributed by atoms with Crippen molar-refractivity contribution in [2.45, 2.75) is 64.5 Å². The van der Waals surface area contributed by atoms with Crippen LogP contribution in [0.1, 0.15) is 51.7 Å². The van der Waals surface area contributed by atoms with Crippen LogP contribution in [0.4, 0.5) is 0 Å². The number of benzene rings is 1. The molecule has 0 saturated heterocycles. The van der Waals surface area contributed by atoms with E-state index in [0.29, 0.717) is 11.5 Å². The first-order valence-electron chi connectivity index (χ1n) is 7.64. The summed E-state index contributed by atoms with van der Waals surface area (Å²) in [7, 11) is -3.54. The molecule has 1 unspecified atom stereocenters. The maximum Gasteiger partial charge on any atom is 0.240 e. The second-order valence-corrected chi connectivity index (χ2v) is 7.14. The summed E-state index contributed by atoms with van der Waals surface area (Å²) in [4.78, 5) is 0.224. The van der Waals surface area contributed by atoms with E-state index in [1.165, 1.54) is 0 Å². The molecule has 0 fully saturated rings. The second kappa shape index (κ2) is 7.92. The number of hydrogen-bond donors (Lipinski definition) is 2. The molecule has 0 aliphatic rings. The lowest BCUT2D eigenvalue weighted by Crippen LogP contribution is -2.37. The topological polar surface area (TPSA) is 66.4 Å². The number of aliphatic hydroxyl groups excluding tert-OH is 1. The Hall–Kier alpha value is -0.910. The third-order valence-corrected chi connectivity index (χ3v) is 5.69. The van der Waals surface area contributed by atoms with Crippen LogP contribution in [0.5, 0.6) is 0 Å². The van der Waals surface area contributed by atoms with Gasteiger partial charge in [0, 0.05) is 6.04 Å². The number of rotatable bonds is 8. The standard InChI is InChI=1S/C16H27NO3S/c1-5-13(6-2)12(4)17-21(19,20)16-9-8-14(7-3)15(10-16)11-18/h8-10,12-13,17-18H,5-7,11H2,1-4H3. The molecule has 1 aromatic rings. The summed E-state index contributed by atoms with van der Waals surface area (Å²) < 4.78 is 27.7. The lowest BCUT2D eigenvalue weighted by atomic mass is 9.96. The molecule has 0 radical (unpaired) electrons. The molecule has 120 valence electrons. The zero-order valence-corrected chi connectivity index (χ0v) is 14.2. The molecule has 0 bridgehead atoms. The van der Waals surface area contributed by atoms with Crippen LogP contribution in [0.2, 0.25) is 0 Å². The predicted molar refractivity (Wildman–Crippen MR) is 85.6 cm³/mol. The first kappa shape index (κ1) is 18.1. The van der Waals surface area contributed by atoms with Crippen molar-refractivity contribution in [1.82, 2.24) is 4.72 Å². The van der Waals surface area contributed by atoms with Gasteiger partial charge < -0.3 is 5.11 Å². The number of aliphatic hydroxyl groups is 1. The summed E-state index contributed by atoms with van der Waals surface area (Å²) in [6, 6.07) is 4.86. The van der Waals surface area contributed by atoms with E-state index >= 15 is 0 Å². The molecule has 2 N–H and O–H groups in total. The minimum Gasteiger partial charge on any atom is -0.392 e. The van der Waals surface area contributed by atoms with Crippen LogP contribution in [-0.4, -0.2) is 19.6 Å². The van der Waals surface area contributed by atoms with Gasteiger partial charge in [-0.25, -0.2) is 13.1 Å². The van der Waals surface area contributed by atoms with Gasteiger partial charge in [0.1, 0.15) is 0 Å². The Morgan fingerprint density at radius 1 is 1.14 bits per heavy atom. The van der Waals surface area contributed by atoms with E-state index in [-0.39, 0.29) is 17.5 Å². The fourth-order valence-electron chi connectivity index (χ4n) is 2.67. The highest BCUT2D eigenvalue weighted by Crippen LogP contribution is 2.19. The molecule has 4 nitrogen and oxygen atoms in total. The van der Waals surface area contributed by atoms with Crippen LogP contribution in [0, 0.1) is 5.92 Å². The fraction of sp³-hybridized carbons (Fsp3) is 0.625. The third-order valence-electron chi connectivity index (χ3n) is 4.14. The van der Waals surface area contributed by atoms with Gasteiger partial charge in [-0.15, -0.1) is 0 Å². The molecule has 0 aliphatic carbocycles. The van der Waals surface area contributed by atoms with Crippen molar-refractivity contribution >= 4 is 10.0 Å². The van der Waals surface area contributed by atoms with Crippen LogP contribution in [0.15, 0.2) is 23.1 Å². The molecule has 1 aromatic carbocycles. The average Bonchev–Trinajstić information content (AvgIpc) is 2.47. The van der Waals surface area contributed by atoms with Gasteiger partial charge in [-0.05, 0) is 42.5 Å². The molecule has 21 heavy (non-hydrogen) atoms. The lowest BCUT2D eigenvalue weighted by Gasteiger charge is -2.22. The largest absolute Gasteiger partial charge is 0.392 e. The van der Waals surface area contributed by atoms with Crippen LogP contribution < -0.4 is 4.72 Å². The van der Waals surface area contributed by atoms with E-state index in [2.05, 4.69) is 18.6 Å². The zero-order valence-electron chi connectivity index (χ0n) is 13.4. The van der Waals surface area contributed by atoms with Gasteiger partial charge >= 0.3 is 0 Å². The average molecular weight is 313 g/mol. The first-order chi connectivity index (χ1) is 9.89.